The summed E-state index contributed by atoms with van der Waals surface area (Å²) < 4.78 is 0. The second kappa shape index (κ2) is 17.9. The van der Waals surface area contributed by atoms with Gasteiger partial charge < -0.3 is 4.90 Å². The van der Waals surface area contributed by atoms with Crippen molar-refractivity contribution in [2.75, 3.05) is 6.54 Å². The van der Waals surface area contributed by atoms with Gasteiger partial charge in [0.05, 0.1) is 0 Å². The van der Waals surface area contributed by atoms with Crippen LogP contribution >= 0.6 is 0 Å². The summed E-state index contributed by atoms with van der Waals surface area (Å²) in [7, 11) is 0. The first-order valence-electron chi connectivity index (χ1n) is 26.6. The molecule has 0 fully saturated rings. The van der Waals surface area contributed by atoms with Crippen LogP contribution in [0, 0.1) is 0 Å². The molecule has 8 aromatic carbocycles. The number of nitrogens with zero attached hydrogens (tertiary/aromatic N) is 8. The van der Waals surface area contributed by atoms with Crippen LogP contribution in [0.5, 0.6) is 0 Å². The maximum Gasteiger partial charge on any atom is 0.181 e. The zero-order valence-electron chi connectivity index (χ0n) is 41.8. The van der Waals surface area contributed by atoms with Gasteiger partial charge in [-0.05, 0) is 136 Å². The molecule has 0 N–H and O–H groups in total. The van der Waals surface area contributed by atoms with Crippen LogP contribution in [0.15, 0.2) is 168 Å². The highest BCUT2D eigenvalue weighted by Crippen LogP contribution is 2.50. The summed E-state index contributed by atoms with van der Waals surface area (Å²) in [5.74, 6) is 4.93. The Kier molecular flexibility index (Phi) is 11.0. The SMILES string of the molecule is CCCCc1c2c(c(CCCC)c3ccccc13)C1(CCCC)N=C3N=C(N=C4N=C(c5cc6ccccc6cc54)N(CCCC)C4=NC(=NC2=N1)c1cc2ccccc2cc14)c1cc2ccccc2cc13. The van der Waals surface area contributed by atoms with Gasteiger partial charge in [-0.3, -0.25) is 0 Å². The van der Waals surface area contributed by atoms with E-state index in [-0.39, 0.29) is 0 Å². The fraction of sp³-hybridized carbons (Fsp3) is 0.266. The van der Waals surface area contributed by atoms with Crippen LogP contribution in [-0.2, 0) is 18.5 Å². The molecular weight excluding hydrogens is 881 g/mol. The minimum Gasteiger partial charge on any atom is -0.310 e. The Bertz CT molecular complexity index is 3830. The van der Waals surface area contributed by atoms with Crippen molar-refractivity contribution in [1.82, 2.24) is 4.90 Å². The lowest BCUT2D eigenvalue weighted by atomic mass is 9.80. The molecule has 0 amide bonds. The van der Waals surface area contributed by atoms with Crippen molar-refractivity contribution in [2.45, 2.75) is 104 Å². The summed E-state index contributed by atoms with van der Waals surface area (Å²) in [6.07, 6.45) is 10.6. The topological polar surface area (TPSA) is 89.8 Å². The van der Waals surface area contributed by atoms with E-state index in [1.54, 1.807) is 0 Å². The fourth-order valence-electron chi connectivity index (χ4n) is 11.9. The number of hydrogen-bond donors (Lipinski definition) is 0. The lowest BCUT2D eigenvalue weighted by Crippen LogP contribution is -2.37. The van der Waals surface area contributed by atoms with Crippen LogP contribution in [0.4, 0.5) is 0 Å². The third-order valence-corrected chi connectivity index (χ3v) is 15.5. The number of aryl methyl sites for hydroxylation is 2. The Labute approximate surface area is 421 Å². The van der Waals surface area contributed by atoms with E-state index in [0.29, 0.717) is 42.1 Å². The Morgan fingerprint density at radius 3 is 1.29 bits per heavy atom. The normalized spacial score (nSPS) is 17.3. The van der Waals surface area contributed by atoms with Crippen molar-refractivity contribution in [3.8, 4) is 0 Å². The standard InChI is InChI=1S/C64H58N8/c1-5-9-27-47-45-29-19-20-30-46(45)48(28-10-6-2)56-55(47)61-67-59-52-36-42-24-16-18-26-44(42)38-54(52)63(69-59)72(32-12-8-4)62-53-37-43-25-17-15-23-41(43)35-51(53)58(68-62)65-57-49-33-39-21-13-14-22-40(39)34-50(49)60(66-57)70-64(56,71-61)31-11-7-3/h13-26,29-30,33-38H,5-12,27-28,31-32H2,1-4H3. The average Bonchev–Trinajstić information content (AvgIpc) is 4.14. The van der Waals surface area contributed by atoms with Gasteiger partial charge in [0.2, 0.25) is 0 Å². The van der Waals surface area contributed by atoms with E-state index in [1.807, 2.05) is 0 Å². The van der Waals surface area contributed by atoms with Gasteiger partial charge in [0.25, 0.3) is 0 Å². The van der Waals surface area contributed by atoms with Crippen molar-refractivity contribution in [3.05, 3.63) is 189 Å². The molecule has 0 saturated heterocycles. The van der Waals surface area contributed by atoms with E-state index < -0.39 is 5.66 Å². The molecule has 5 heterocycles. The zero-order chi connectivity index (χ0) is 48.5. The third-order valence-electron chi connectivity index (χ3n) is 15.5. The lowest BCUT2D eigenvalue weighted by molar-refractivity contribution is 0.421. The monoisotopic (exact) mass is 938 g/mol. The number of rotatable bonds is 12. The highest BCUT2D eigenvalue weighted by molar-refractivity contribution is 6.35. The van der Waals surface area contributed by atoms with Gasteiger partial charge in [-0.1, -0.05) is 150 Å². The Morgan fingerprint density at radius 1 is 0.389 bits per heavy atom. The largest absolute Gasteiger partial charge is 0.310 e. The number of unbranched alkanes of at least 4 members (excludes halogenated alkanes) is 4. The first-order chi connectivity index (χ1) is 35.5. The molecule has 0 aliphatic carbocycles. The van der Waals surface area contributed by atoms with Crippen LogP contribution in [0.3, 0.4) is 0 Å². The second-order valence-electron chi connectivity index (χ2n) is 20.2. The Hall–Kier alpha value is -7.71. The summed E-state index contributed by atoms with van der Waals surface area (Å²) in [5, 5.41) is 9.42. The lowest BCUT2D eigenvalue weighted by Gasteiger charge is -2.28. The van der Waals surface area contributed by atoms with Crippen LogP contribution in [0.25, 0.3) is 43.1 Å². The van der Waals surface area contributed by atoms with Gasteiger partial charge in [-0.15, -0.1) is 0 Å². The van der Waals surface area contributed by atoms with Gasteiger partial charge in [-0.25, -0.2) is 34.9 Å². The smallest absolute Gasteiger partial charge is 0.181 e. The molecule has 8 bridgehead atoms. The van der Waals surface area contributed by atoms with Crippen molar-refractivity contribution in [2.24, 2.45) is 34.9 Å². The summed E-state index contributed by atoms with van der Waals surface area (Å²) in [4.78, 5) is 42.8. The van der Waals surface area contributed by atoms with E-state index >= 15 is 0 Å². The minimum atomic E-state index is -1.02. The Balaban J connectivity index is 1.19. The van der Waals surface area contributed by atoms with Crippen LogP contribution in [-0.4, -0.2) is 52.3 Å². The summed E-state index contributed by atoms with van der Waals surface area (Å²) in [6, 6.07) is 48.5. The molecule has 0 aromatic heterocycles. The molecule has 72 heavy (non-hydrogen) atoms. The number of fused-ring (bicyclic) bond motifs is 20. The van der Waals surface area contributed by atoms with Crippen molar-refractivity contribution < 1.29 is 0 Å². The van der Waals surface area contributed by atoms with Gasteiger partial charge in [0.15, 0.2) is 34.8 Å². The van der Waals surface area contributed by atoms with Gasteiger partial charge in [0, 0.05) is 51.1 Å². The number of aliphatic imine (C=N–C) groups is 7. The van der Waals surface area contributed by atoms with E-state index in [4.69, 9.17) is 34.9 Å². The van der Waals surface area contributed by atoms with Crippen LogP contribution in [0.2, 0.25) is 0 Å². The highest BCUT2D eigenvalue weighted by atomic mass is 15.3. The summed E-state index contributed by atoms with van der Waals surface area (Å²) in [5.41, 5.74) is 9.87. The van der Waals surface area contributed by atoms with Crippen molar-refractivity contribution >= 4 is 83.9 Å². The van der Waals surface area contributed by atoms with Crippen molar-refractivity contribution in [1.29, 1.82) is 0 Å². The summed E-state index contributed by atoms with van der Waals surface area (Å²) in [6.45, 7) is 9.80. The molecule has 8 nitrogen and oxygen atoms in total. The molecule has 8 aromatic rings. The van der Waals surface area contributed by atoms with Gasteiger partial charge in [-0.2, -0.15) is 0 Å². The number of benzene rings is 8. The molecule has 0 saturated carbocycles. The molecule has 5 aliphatic rings. The number of hydrogen-bond acceptors (Lipinski definition) is 8. The zero-order valence-corrected chi connectivity index (χ0v) is 41.8. The third kappa shape index (κ3) is 7.12. The van der Waals surface area contributed by atoms with Gasteiger partial charge in [0.1, 0.15) is 11.7 Å². The van der Waals surface area contributed by atoms with E-state index in [1.165, 1.54) is 27.5 Å². The van der Waals surface area contributed by atoms with E-state index in [2.05, 4.69) is 166 Å². The van der Waals surface area contributed by atoms with Gasteiger partial charge >= 0.3 is 0 Å². The predicted octanol–water partition coefficient (Wildman–Crippen LogP) is 14.8. The molecule has 0 spiro atoms. The maximum atomic E-state index is 6.04. The molecule has 1 atom stereocenters. The Morgan fingerprint density at radius 2 is 0.778 bits per heavy atom. The molecule has 354 valence electrons. The maximum absolute atomic E-state index is 6.04. The second-order valence-corrected chi connectivity index (χ2v) is 20.2. The van der Waals surface area contributed by atoms with Crippen LogP contribution in [0.1, 0.15) is 141 Å². The molecular formula is C64H58N8. The highest BCUT2D eigenvalue weighted by Gasteiger charge is 2.46. The number of amidine groups is 7. The first-order valence-corrected chi connectivity index (χ1v) is 26.6. The first kappa shape index (κ1) is 44.2. The average molecular weight is 939 g/mol. The molecule has 8 heteroatoms. The van der Waals surface area contributed by atoms with Crippen molar-refractivity contribution in [3.63, 3.8) is 0 Å². The van der Waals surface area contributed by atoms with Crippen LogP contribution < -0.4 is 0 Å². The van der Waals surface area contributed by atoms with E-state index in [9.17, 15) is 0 Å². The quantitative estimate of drug-likeness (QED) is 0.120. The minimum absolute atomic E-state index is 0.609. The van der Waals surface area contributed by atoms with E-state index in [0.717, 1.165) is 147 Å². The molecule has 0 radical (unpaired) electrons. The fourth-order valence-corrected chi connectivity index (χ4v) is 11.9. The summed E-state index contributed by atoms with van der Waals surface area (Å²) >= 11 is 0. The molecule has 5 aliphatic heterocycles. The predicted molar refractivity (Wildman–Crippen MR) is 302 cm³/mol. The molecule has 13 rings (SSSR count). The molecule has 1 unspecified atom stereocenters.